The number of anilines is 2. The molecule has 3 unspecified atom stereocenters. The summed E-state index contributed by atoms with van der Waals surface area (Å²) in [6.45, 7) is 15.1. The number of unbranched alkanes of at least 4 members (excludes halogenated alkanes) is 5. The summed E-state index contributed by atoms with van der Waals surface area (Å²) in [6, 6.07) is 31.5. The van der Waals surface area contributed by atoms with Gasteiger partial charge in [-0.25, -0.2) is 0 Å². The number of fused-ring (bicyclic) bond motifs is 14. The number of hydrogen-bond acceptors (Lipinski definition) is 23. The van der Waals surface area contributed by atoms with E-state index in [-0.39, 0.29) is 79.5 Å². The van der Waals surface area contributed by atoms with Crippen LogP contribution in [0.5, 0.6) is 5.75 Å². The van der Waals surface area contributed by atoms with Crippen molar-refractivity contribution in [2.75, 3.05) is 114 Å². The van der Waals surface area contributed by atoms with Gasteiger partial charge in [-0.2, -0.15) is 29.8 Å². The van der Waals surface area contributed by atoms with Crippen LogP contribution in [0.2, 0.25) is 0 Å². The summed E-state index contributed by atoms with van der Waals surface area (Å²) in [4.78, 5) is 93.2. The molecule has 13 rings (SSSR count). The van der Waals surface area contributed by atoms with Gasteiger partial charge in [0.2, 0.25) is 17.5 Å². The van der Waals surface area contributed by atoms with Gasteiger partial charge in [-0.3, -0.25) is 23.2 Å². The Morgan fingerprint density at radius 2 is 1.31 bits per heavy atom. The first kappa shape index (κ1) is 90.2. The number of ether oxygens (including phenoxy) is 1. The van der Waals surface area contributed by atoms with Crippen LogP contribution in [0.25, 0.3) is 22.5 Å². The number of nitrogens with one attached hydrogen (secondary N) is 2. The number of carbonyl (C=O) groups excluding carboxylic acids is 6. The van der Waals surface area contributed by atoms with E-state index in [1.165, 1.54) is 24.3 Å². The van der Waals surface area contributed by atoms with Crippen molar-refractivity contribution in [3.05, 3.63) is 178 Å². The molecule has 7 heterocycles. The molecule has 35 heteroatoms. The van der Waals surface area contributed by atoms with Gasteiger partial charge in [0.25, 0.3) is 30.4 Å². The second kappa shape index (κ2) is 39.1. The van der Waals surface area contributed by atoms with Gasteiger partial charge in [0, 0.05) is 66.9 Å². The first-order valence-electron chi connectivity index (χ1n) is 41.8. The third kappa shape index (κ3) is 22.0. The average molecular weight is 1790 g/mol. The summed E-state index contributed by atoms with van der Waals surface area (Å²) < 4.78 is 132. The third-order valence-corrected chi connectivity index (χ3v) is 29.2. The topological polar surface area (TPSA) is 380 Å². The van der Waals surface area contributed by atoms with Gasteiger partial charge in [0.05, 0.1) is 33.2 Å². The molecule has 122 heavy (non-hydrogen) atoms. The standard InChI is InChI=1S/C87H110N12O19S3.Ga/c1-60-28-32-64(33-29-60)118-84-61(21-19-22-62(84)31-39-76-87(4,5)70-55-66(121(115,116)117)35-37-73(70)97(76)43-17-18-53-119(109,110)111)30-38-75-86(2,3)69-54-65(120(112,113)114)34-36-72(69)96(75)42-15-8-10-27-77(100)89-41-40-79(102)98-56-63-20-11-12-23-67(63)83-82(68-24-13-14-25-71(68)98)90-91-99(83)44-16-7-9-26-74(85(107)108)95-51-49-93(58-80(103)104)47-45-92(57-78(101)88-6)46-48-94(50-52-95)59-81(105)106;/h11-14,20,23-25,28-39,54-55,74H,7-10,15-19,21-22,26-27,40-53,56-59H2,1-6H3,(H7-,88,89,100,101,103,104,105,106,107,108,109,110,111,112,113,114,115,116,117);/q;+3/p-2/i;1-2. The van der Waals surface area contributed by atoms with Crippen molar-refractivity contribution in [2.45, 2.75) is 164 Å². The van der Waals surface area contributed by atoms with Crippen LogP contribution in [0.4, 0.5) is 17.1 Å². The van der Waals surface area contributed by atoms with E-state index in [9.17, 15) is 67.7 Å². The minimum Gasteiger partial charge on any atom is -0.457 e. The monoisotopic (exact) mass is 1790 g/mol. The maximum absolute atomic E-state index is 14.7. The van der Waals surface area contributed by atoms with Gasteiger partial charge < -0.3 is 19.9 Å². The Hall–Kier alpha value is -9.50. The van der Waals surface area contributed by atoms with Crippen molar-refractivity contribution in [1.82, 2.24) is 45.2 Å². The molecule has 1 aromatic heterocycles. The quantitative estimate of drug-likeness (QED) is 0.0126. The number of aryl methyl sites for hydroxylation is 2. The van der Waals surface area contributed by atoms with Crippen LogP contribution in [-0.4, -0.2) is 247 Å². The zero-order chi connectivity index (χ0) is 86.8. The maximum atomic E-state index is 14.7. The van der Waals surface area contributed by atoms with Crippen molar-refractivity contribution in [3.63, 3.8) is 0 Å². The minimum absolute atomic E-state index is 0.00390. The predicted molar refractivity (Wildman–Crippen MR) is 459 cm³/mol. The van der Waals surface area contributed by atoms with Crippen LogP contribution in [0.1, 0.15) is 140 Å². The summed E-state index contributed by atoms with van der Waals surface area (Å²) in [6.07, 6.45) is 14.9. The molecule has 5 N–H and O–H groups in total. The third-order valence-electron chi connectivity index (χ3n) is 23.9. The molecule has 6 aliphatic heterocycles. The summed E-state index contributed by atoms with van der Waals surface area (Å²) in [5, 5.41) is 15.2. The van der Waals surface area contributed by atoms with Crippen LogP contribution in [0.3, 0.4) is 0 Å². The molecule has 3 saturated heterocycles. The molecule has 0 radical (unpaired) electrons. The second-order valence-corrected chi connectivity index (χ2v) is 40.2. The molecule has 0 saturated carbocycles. The van der Waals surface area contributed by atoms with Crippen molar-refractivity contribution < 1.29 is 87.6 Å². The Labute approximate surface area is 719 Å². The Balaban J connectivity index is 0.663. The molecule has 3 atom stereocenters. The van der Waals surface area contributed by atoms with Crippen LogP contribution >= 0.6 is 0 Å². The Kier molecular flexibility index (Phi) is 28.9. The smallest absolute Gasteiger partial charge is 0.457 e. The molecule has 3 amide bonds. The molecule has 650 valence electrons. The zero-order valence-electron chi connectivity index (χ0n) is 69.8. The van der Waals surface area contributed by atoms with Crippen LogP contribution in [0, 0.1) is 6.92 Å². The fourth-order valence-corrected chi connectivity index (χ4v) is 21.1. The number of para-hydroxylation sites is 1. The fraction of sp³-hybridized carbons (Fsp3) is 0.460. The summed E-state index contributed by atoms with van der Waals surface area (Å²) in [5.74, 6) is -1.65. The van der Waals surface area contributed by atoms with Crippen LogP contribution in [-0.2, 0) is 93.6 Å². The van der Waals surface area contributed by atoms with E-state index < -0.39 is 88.2 Å². The number of likely N-dealkylation sites (N-methyl/N-ethyl adjacent to an activating group) is 1. The number of carbonyl (C=O) groups is 6. The first-order chi connectivity index (χ1) is 58.2. The Morgan fingerprint density at radius 3 is 2.01 bits per heavy atom. The van der Waals surface area contributed by atoms with Gasteiger partial charge in [-0.15, -0.1) is 0 Å². The Morgan fingerprint density at radius 1 is 0.656 bits per heavy atom. The molecule has 1 aliphatic carbocycles. The number of nitrogens with zero attached hydrogens (tertiary/aromatic N) is 10. The van der Waals surface area contributed by atoms with Gasteiger partial charge in [0.1, 0.15) is 18.1 Å². The number of hydrogen-bond donors (Lipinski definition) is 5. The van der Waals surface area contributed by atoms with Gasteiger partial charge in [-0.05, 0) is 143 Å². The van der Waals surface area contributed by atoms with E-state index in [1.807, 2.05) is 156 Å². The molecule has 31 nitrogen and oxygen atoms in total. The second-order valence-electron chi connectivity index (χ2n) is 33.1. The van der Waals surface area contributed by atoms with Crippen molar-refractivity contribution in [2.24, 2.45) is 0 Å². The van der Waals surface area contributed by atoms with Gasteiger partial charge in [-0.1, -0.05) is 74.0 Å². The van der Waals surface area contributed by atoms with Crippen LogP contribution in [0.15, 0.2) is 166 Å². The first-order valence-corrected chi connectivity index (χ1v) is 49.2. The number of rotatable bonds is 29. The molecule has 5 aromatic carbocycles. The summed E-state index contributed by atoms with van der Waals surface area (Å²) in [7, 11) is -11.8. The molecular weight excluding hydrogens is 1680 g/mol. The minimum atomic E-state index is -4.59. The normalized spacial score (nSPS) is 20.8. The van der Waals surface area contributed by atoms with Crippen molar-refractivity contribution >= 4 is 106 Å². The fourth-order valence-electron chi connectivity index (χ4n) is 17.3. The van der Waals surface area contributed by atoms with E-state index in [4.69, 9.17) is 25.6 Å². The summed E-state index contributed by atoms with van der Waals surface area (Å²) >= 11 is -4.23. The average Bonchev–Trinajstić information content (AvgIpc) is 1.59. The molecule has 3 fully saturated rings. The molecule has 6 aromatic rings. The van der Waals surface area contributed by atoms with E-state index in [0.717, 1.165) is 57.0 Å². The van der Waals surface area contributed by atoms with E-state index in [2.05, 4.69) is 20.1 Å². The number of aromatic nitrogens is 3. The zero-order valence-corrected chi connectivity index (χ0v) is 74.7. The molecule has 0 spiro atoms. The van der Waals surface area contributed by atoms with E-state index >= 15 is 0 Å². The van der Waals surface area contributed by atoms with Crippen molar-refractivity contribution in [3.8, 4) is 28.3 Å². The Bertz CT molecular complexity index is 5460. The van der Waals surface area contributed by atoms with Crippen molar-refractivity contribution in [1.29, 1.82) is 0 Å². The predicted octanol–water partition coefficient (Wildman–Crippen LogP) is 9.29. The molecular formula is C87H108GaN12O19S3+. The molecule has 4 bridgehead atoms. The van der Waals surface area contributed by atoms with Crippen LogP contribution < -0.4 is 25.2 Å². The van der Waals surface area contributed by atoms with E-state index in [0.29, 0.717) is 181 Å². The van der Waals surface area contributed by atoms with Gasteiger partial charge >= 0.3 is 262 Å². The SMILES string of the molecule is CNC(=O)CN1CCN2CCN3CCN(CC1)CC(=O)[O][68Ga]([O]C(=O)C2)[O]C(=O)C3CCCCCn1nnc2c1-c1ccccc1CN(C(=O)CCNC(=O)CCCCC[N+]1=C(/C=C/C3=C(Oc4ccc(C)cc4)C(=C/C=C4/N(CCCCS(=O)(=O)O)c5ccc(S(=O)(=O)O)cc5C4(C)C)/CCC3)C(C)(C)c3cc(S(=O)(=O)O)ccc31)c1ccccc1-2. The molecule has 7 aliphatic rings. The summed E-state index contributed by atoms with van der Waals surface area (Å²) in [5.41, 5.74) is 10.0. The number of benzene rings is 5. The van der Waals surface area contributed by atoms with E-state index in [1.54, 1.807) is 24.1 Å². The number of allylic oxidation sites excluding steroid dienone is 7. The number of amides is 3. The van der Waals surface area contributed by atoms with Gasteiger partial charge in [0.15, 0.2) is 5.71 Å².